The minimum absolute atomic E-state index is 0.0890. The third-order valence-corrected chi connectivity index (χ3v) is 5.34. The smallest absolute Gasteiger partial charge is 0.244 e. The molecule has 2 aromatic rings. The van der Waals surface area contributed by atoms with E-state index in [2.05, 4.69) is 5.10 Å². The topological polar surface area (TPSA) is 41.9 Å². The van der Waals surface area contributed by atoms with E-state index >= 15 is 0 Å². The van der Waals surface area contributed by atoms with Crippen LogP contribution in [0.15, 0.2) is 52.5 Å². The average molecular weight is 360 g/mol. The number of hydrazone groups is 1. The molecule has 2 aliphatic heterocycles. The van der Waals surface area contributed by atoms with Gasteiger partial charge >= 0.3 is 0 Å². The van der Waals surface area contributed by atoms with E-state index < -0.39 is 17.4 Å². The van der Waals surface area contributed by atoms with Gasteiger partial charge in [0, 0.05) is 29.6 Å². The van der Waals surface area contributed by atoms with Crippen LogP contribution in [-0.4, -0.2) is 22.6 Å². The summed E-state index contributed by atoms with van der Waals surface area (Å²) < 4.78 is 33.8. The van der Waals surface area contributed by atoms with Gasteiger partial charge in [-0.3, -0.25) is 4.79 Å². The fraction of sp³-hybridized carbons (Fsp3) is 0.222. The molecule has 1 atom stereocenters. The predicted molar refractivity (Wildman–Crippen MR) is 90.0 cm³/mol. The van der Waals surface area contributed by atoms with Gasteiger partial charge in [0.2, 0.25) is 17.5 Å². The Kier molecular flexibility index (Phi) is 3.76. The van der Waals surface area contributed by atoms with Gasteiger partial charge in [-0.15, -0.1) is 16.9 Å². The number of thioether (sulfide) groups is 1. The highest BCUT2D eigenvalue weighted by Crippen LogP contribution is 2.48. The monoisotopic (exact) mass is 360 g/mol. The third-order valence-electron chi connectivity index (χ3n) is 4.26. The summed E-state index contributed by atoms with van der Waals surface area (Å²) in [6.07, 6.45) is 0.498. The number of benzene rings is 2. The van der Waals surface area contributed by atoms with E-state index in [1.807, 2.05) is 24.3 Å². The van der Waals surface area contributed by atoms with Crippen LogP contribution in [0.2, 0.25) is 0 Å². The zero-order valence-electron chi connectivity index (χ0n) is 13.3. The van der Waals surface area contributed by atoms with Gasteiger partial charge in [-0.25, -0.2) is 8.78 Å². The van der Waals surface area contributed by atoms with Crippen molar-refractivity contribution in [2.24, 2.45) is 5.10 Å². The van der Waals surface area contributed by atoms with Crippen molar-refractivity contribution in [3.63, 3.8) is 0 Å². The number of halogens is 2. The molecule has 2 aliphatic rings. The number of hydrogen-bond donors (Lipinski definition) is 0. The molecule has 0 aromatic heterocycles. The molecule has 2 heterocycles. The molecule has 1 amide bonds. The normalized spacial score (nSPS) is 21.7. The highest BCUT2D eigenvalue weighted by atomic mass is 32.2. The second-order valence-electron chi connectivity index (χ2n) is 5.84. The first-order valence-electron chi connectivity index (χ1n) is 7.77. The summed E-state index contributed by atoms with van der Waals surface area (Å²) in [5.41, 5.74) is -0.419. The molecule has 1 spiro atoms. The van der Waals surface area contributed by atoms with Crippen molar-refractivity contribution >= 4 is 23.6 Å². The number of amides is 1. The predicted octanol–water partition coefficient (Wildman–Crippen LogP) is 3.85. The van der Waals surface area contributed by atoms with E-state index in [0.717, 1.165) is 34.4 Å². The van der Waals surface area contributed by atoms with Crippen LogP contribution >= 0.6 is 11.8 Å². The summed E-state index contributed by atoms with van der Waals surface area (Å²) in [7, 11) is 0. The Morgan fingerprint density at radius 3 is 2.88 bits per heavy atom. The van der Waals surface area contributed by atoms with E-state index in [9.17, 15) is 13.6 Å². The van der Waals surface area contributed by atoms with Gasteiger partial charge in [0.15, 0.2) is 0 Å². The lowest BCUT2D eigenvalue weighted by Gasteiger charge is -2.38. The molecule has 0 N–H and O–H groups in total. The number of carbonyl (C=O) groups is 1. The van der Waals surface area contributed by atoms with Crippen LogP contribution < -0.4 is 0 Å². The molecule has 0 saturated carbocycles. The molecule has 7 heteroatoms. The Labute approximate surface area is 147 Å². The van der Waals surface area contributed by atoms with Crippen LogP contribution in [0, 0.1) is 11.6 Å². The number of ether oxygens (including phenoxy) is 1. The van der Waals surface area contributed by atoms with E-state index in [1.54, 1.807) is 11.8 Å². The first-order valence-corrected chi connectivity index (χ1v) is 8.76. The number of hydrogen-bond acceptors (Lipinski definition) is 4. The van der Waals surface area contributed by atoms with Crippen LogP contribution in [0.4, 0.5) is 8.78 Å². The SMILES string of the molecule is CC(=O)N1N=C(c2cc(F)ccc2F)OC12CCSc1ccccc12. The third kappa shape index (κ3) is 2.50. The van der Waals surface area contributed by atoms with Crippen LogP contribution in [-0.2, 0) is 15.3 Å². The van der Waals surface area contributed by atoms with Crippen molar-refractivity contribution in [1.82, 2.24) is 5.01 Å². The van der Waals surface area contributed by atoms with Gasteiger partial charge in [0.25, 0.3) is 0 Å². The van der Waals surface area contributed by atoms with Crippen molar-refractivity contribution in [1.29, 1.82) is 0 Å². The average Bonchev–Trinajstić information content (AvgIpc) is 2.98. The maximum Gasteiger partial charge on any atom is 0.244 e. The standard InChI is InChI=1S/C18H14F2N2O2S/c1-11(23)22-18(8-9-25-16-5-3-2-4-14(16)18)24-17(21-22)13-10-12(19)6-7-15(13)20/h2-7,10H,8-9H2,1H3. The molecular weight excluding hydrogens is 346 g/mol. The van der Waals surface area contributed by atoms with Crippen LogP contribution in [0.3, 0.4) is 0 Å². The van der Waals surface area contributed by atoms with Gasteiger partial charge in [-0.05, 0) is 24.3 Å². The largest absolute Gasteiger partial charge is 0.443 e. The van der Waals surface area contributed by atoms with Crippen molar-refractivity contribution in [3.05, 3.63) is 65.2 Å². The molecule has 0 aliphatic carbocycles. The highest BCUT2D eigenvalue weighted by molar-refractivity contribution is 7.99. The van der Waals surface area contributed by atoms with Crippen LogP contribution in [0.25, 0.3) is 0 Å². The summed E-state index contributed by atoms with van der Waals surface area (Å²) >= 11 is 1.66. The van der Waals surface area contributed by atoms with Crippen molar-refractivity contribution in [2.45, 2.75) is 24.0 Å². The second kappa shape index (κ2) is 5.84. The van der Waals surface area contributed by atoms with Crippen LogP contribution in [0.5, 0.6) is 0 Å². The Hall–Kier alpha value is -2.41. The summed E-state index contributed by atoms with van der Waals surface area (Å²) in [4.78, 5) is 13.2. The lowest BCUT2D eigenvalue weighted by molar-refractivity contribution is -0.150. The number of fused-ring (bicyclic) bond motifs is 2. The zero-order chi connectivity index (χ0) is 17.6. The molecular formula is C18H14F2N2O2S. The van der Waals surface area contributed by atoms with E-state index in [1.165, 1.54) is 11.9 Å². The molecule has 0 bridgehead atoms. The lowest BCUT2D eigenvalue weighted by atomic mass is 9.98. The molecule has 2 aromatic carbocycles. The van der Waals surface area contributed by atoms with Gasteiger partial charge in [-0.1, -0.05) is 18.2 Å². The fourth-order valence-corrected chi connectivity index (χ4v) is 4.32. The molecule has 4 rings (SSSR count). The van der Waals surface area contributed by atoms with E-state index in [4.69, 9.17) is 4.74 Å². The number of nitrogens with zero attached hydrogens (tertiary/aromatic N) is 2. The fourth-order valence-electron chi connectivity index (χ4n) is 3.17. The molecule has 25 heavy (non-hydrogen) atoms. The first-order chi connectivity index (χ1) is 12.0. The van der Waals surface area contributed by atoms with Crippen molar-refractivity contribution in [2.75, 3.05) is 5.75 Å². The van der Waals surface area contributed by atoms with Crippen LogP contribution in [0.1, 0.15) is 24.5 Å². The molecule has 1 unspecified atom stereocenters. The first kappa shape index (κ1) is 16.1. The quantitative estimate of drug-likeness (QED) is 0.776. The van der Waals surface area contributed by atoms with Gasteiger partial charge in [0.05, 0.1) is 5.56 Å². The van der Waals surface area contributed by atoms with E-state index in [-0.39, 0.29) is 17.4 Å². The summed E-state index contributed by atoms with van der Waals surface area (Å²) in [5, 5.41) is 5.44. The second-order valence-corrected chi connectivity index (χ2v) is 6.98. The van der Waals surface area contributed by atoms with Gasteiger partial charge < -0.3 is 4.74 Å². The van der Waals surface area contributed by atoms with Gasteiger partial charge in [-0.2, -0.15) is 5.01 Å². The Balaban J connectivity index is 1.85. The summed E-state index contributed by atoms with van der Waals surface area (Å²) in [6.45, 7) is 1.38. The highest BCUT2D eigenvalue weighted by Gasteiger charge is 2.51. The summed E-state index contributed by atoms with van der Waals surface area (Å²) in [6, 6.07) is 10.7. The number of rotatable bonds is 1. The number of carbonyl (C=O) groups excluding carboxylic acids is 1. The molecule has 128 valence electrons. The molecule has 4 nitrogen and oxygen atoms in total. The lowest BCUT2D eigenvalue weighted by Crippen LogP contribution is -2.46. The minimum Gasteiger partial charge on any atom is -0.443 e. The minimum atomic E-state index is -1.12. The van der Waals surface area contributed by atoms with E-state index in [0.29, 0.717) is 6.42 Å². The molecule has 0 saturated heterocycles. The summed E-state index contributed by atoms with van der Waals surface area (Å²) in [5.74, 6) is -0.950. The Bertz CT molecular complexity index is 902. The van der Waals surface area contributed by atoms with Gasteiger partial charge in [0.1, 0.15) is 11.6 Å². The Morgan fingerprint density at radius 1 is 1.28 bits per heavy atom. The molecule has 0 fully saturated rings. The molecule has 0 radical (unpaired) electrons. The Morgan fingerprint density at radius 2 is 2.08 bits per heavy atom. The maximum atomic E-state index is 14.2. The maximum absolute atomic E-state index is 14.2. The van der Waals surface area contributed by atoms with Crippen molar-refractivity contribution < 1.29 is 18.3 Å². The van der Waals surface area contributed by atoms with Crippen molar-refractivity contribution in [3.8, 4) is 0 Å². The zero-order valence-corrected chi connectivity index (χ0v) is 14.1.